The summed E-state index contributed by atoms with van der Waals surface area (Å²) in [7, 11) is 0. The third-order valence-electron chi connectivity index (χ3n) is 2.62. The molecule has 0 aliphatic carbocycles. The number of carbonyl (C=O) groups excluding carboxylic acids is 1. The topological polar surface area (TPSA) is 38.7 Å². The van der Waals surface area contributed by atoms with Gasteiger partial charge in [0, 0.05) is 0 Å². The number of benzene rings is 1. The molecule has 0 amide bonds. The quantitative estimate of drug-likeness (QED) is 0.606. The fourth-order valence-electron chi connectivity index (χ4n) is 1.72. The molecule has 0 saturated heterocycles. The second kappa shape index (κ2) is 5.30. The highest BCUT2D eigenvalue weighted by atomic mass is 79.9. The average Bonchev–Trinajstić information content (AvgIpc) is 2.98. The zero-order valence-corrected chi connectivity index (χ0v) is 12.4. The van der Waals surface area contributed by atoms with Crippen molar-refractivity contribution < 1.29 is 13.9 Å². The zero-order valence-electron chi connectivity index (χ0n) is 9.97. The van der Waals surface area contributed by atoms with Crippen molar-refractivity contribution >= 4 is 45.2 Å². The molecule has 0 N–H and O–H groups in total. The van der Waals surface area contributed by atoms with E-state index in [0.29, 0.717) is 0 Å². The molecule has 0 unspecified atom stereocenters. The van der Waals surface area contributed by atoms with E-state index in [2.05, 4.69) is 20.9 Å². The number of esters is 1. The first kappa shape index (κ1) is 13.2. The van der Waals surface area contributed by atoms with E-state index in [4.69, 9.17) is 4.74 Å². The molecule has 1 aromatic carbocycles. The lowest BCUT2D eigenvalue weighted by Gasteiger charge is -1.99. The van der Waals surface area contributed by atoms with Gasteiger partial charge in [-0.1, -0.05) is 12.1 Å². The van der Waals surface area contributed by atoms with E-state index in [-0.39, 0.29) is 17.2 Å². The minimum Gasteiger partial charge on any atom is -0.402 e. The number of nitrogens with zero attached hydrogens (tertiary/aromatic N) is 1. The van der Waals surface area contributed by atoms with Crippen LogP contribution in [0.2, 0.25) is 0 Å². The van der Waals surface area contributed by atoms with E-state index < -0.39 is 11.8 Å². The Bertz CT molecular complexity index is 751. The van der Waals surface area contributed by atoms with E-state index in [1.807, 2.05) is 11.4 Å². The maximum atomic E-state index is 13.6. The molecule has 0 radical (unpaired) electrons. The highest BCUT2D eigenvalue weighted by Gasteiger charge is 2.25. The van der Waals surface area contributed by atoms with Gasteiger partial charge in [-0.2, -0.15) is 0 Å². The van der Waals surface area contributed by atoms with Gasteiger partial charge in [-0.25, -0.2) is 14.2 Å². The fourth-order valence-corrected chi connectivity index (χ4v) is 2.85. The number of carbonyl (C=O) groups is 1. The van der Waals surface area contributed by atoms with Crippen LogP contribution in [0.4, 0.5) is 4.39 Å². The number of cyclic esters (lactones) is 1. The molecule has 3 nitrogen and oxygen atoms in total. The Hall–Kier alpha value is -1.79. The van der Waals surface area contributed by atoms with Gasteiger partial charge in [0.05, 0.1) is 9.35 Å². The third kappa shape index (κ3) is 2.57. The highest BCUT2D eigenvalue weighted by Crippen LogP contribution is 2.25. The molecule has 20 heavy (non-hydrogen) atoms. The van der Waals surface area contributed by atoms with Gasteiger partial charge >= 0.3 is 5.97 Å². The van der Waals surface area contributed by atoms with Crippen LogP contribution in [0.25, 0.3) is 6.08 Å². The van der Waals surface area contributed by atoms with E-state index >= 15 is 0 Å². The lowest BCUT2D eigenvalue weighted by atomic mass is 10.2. The van der Waals surface area contributed by atoms with E-state index in [9.17, 15) is 9.18 Å². The van der Waals surface area contributed by atoms with Gasteiger partial charge in [0.2, 0.25) is 5.90 Å². The van der Waals surface area contributed by atoms with Crippen molar-refractivity contribution in [2.75, 3.05) is 0 Å². The highest BCUT2D eigenvalue weighted by molar-refractivity contribution is 9.11. The second-order valence-electron chi connectivity index (χ2n) is 4.00. The van der Waals surface area contributed by atoms with Crippen LogP contribution in [0.5, 0.6) is 0 Å². The average molecular weight is 352 g/mol. The lowest BCUT2D eigenvalue weighted by Crippen LogP contribution is -2.07. The molecule has 3 rings (SSSR count). The van der Waals surface area contributed by atoms with E-state index in [1.54, 1.807) is 18.2 Å². The Morgan fingerprint density at radius 2 is 2.15 bits per heavy atom. The molecular weight excluding hydrogens is 345 g/mol. The van der Waals surface area contributed by atoms with Gasteiger partial charge < -0.3 is 4.74 Å². The number of ether oxygens (including phenoxy) is 1. The number of thiophene rings is 1. The van der Waals surface area contributed by atoms with Crippen LogP contribution in [0.15, 0.2) is 50.2 Å². The summed E-state index contributed by atoms with van der Waals surface area (Å²) >= 11 is 4.84. The molecule has 100 valence electrons. The number of aliphatic imine (C=N–C) groups is 1. The van der Waals surface area contributed by atoms with Gasteiger partial charge in [-0.15, -0.1) is 11.3 Å². The smallest absolute Gasteiger partial charge is 0.363 e. The van der Waals surface area contributed by atoms with Crippen LogP contribution in [-0.2, 0) is 9.53 Å². The van der Waals surface area contributed by atoms with Crippen LogP contribution in [-0.4, -0.2) is 11.9 Å². The molecule has 0 saturated carbocycles. The minimum absolute atomic E-state index is 0.00588. The summed E-state index contributed by atoms with van der Waals surface area (Å²) in [6, 6.07) is 7.90. The molecule has 0 spiro atoms. The molecule has 1 aliphatic heterocycles. The van der Waals surface area contributed by atoms with Crippen molar-refractivity contribution in [1.82, 2.24) is 0 Å². The number of rotatable bonds is 2. The Kier molecular flexibility index (Phi) is 3.50. The monoisotopic (exact) mass is 351 g/mol. The van der Waals surface area contributed by atoms with Gasteiger partial charge in [0.25, 0.3) is 0 Å². The Balaban J connectivity index is 1.97. The second-order valence-corrected chi connectivity index (χ2v) is 6.29. The maximum absolute atomic E-state index is 13.6. The molecule has 0 fully saturated rings. The van der Waals surface area contributed by atoms with Crippen molar-refractivity contribution in [1.29, 1.82) is 0 Å². The van der Waals surface area contributed by atoms with Crippen molar-refractivity contribution in [3.63, 3.8) is 0 Å². The molecule has 2 heterocycles. The standard InChI is InChI=1S/C14H7BrFNO2S/c15-12-6-8(7-20-12)5-11-14(18)19-13(17-11)9-3-1-2-4-10(9)16/h1-7H/b11-5-. The first-order valence-electron chi connectivity index (χ1n) is 5.65. The number of hydrogen-bond acceptors (Lipinski definition) is 4. The van der Waals surface area contributed by atoms with E-state index in [0.717, 1.165) is 9.35 Å². The van der Waals surface area contributed by atoms with Gasteiger partial charge in [-0.3, -0.25) is 0 Å². The minimum atomic E-state index is -0.578. The summed E-state index contributed by atoms with van der Waals surface area (Å²) in [6.45, 7) is 0. The van der Waals surface area contributed by atoms with Crippen molar-refractivity contribution in [3.05, 3.63) is 62.1 Å². The molecule has 1 aliphatic rings. The Morgan fingerprint density at radius 1 is 1.35 bits per heavy atom. The Labute approximate surface area is 126 Å². The van der Waals surface area contributed by atoms with Crippen LogP contribution >= 0.6 is 27.3 Å². The first-order chi connectivity index (χ1) is 9.63. The van der Waals surface area contributed by atoms with E-state index in [1.165, 1.54) is 23.5 Å². The third-order valence-corrected chi connectivity index (χ3v) is 4.14. The molecule has 2 aromatic rings. The predicted molar refractivity (Wildman–Crippen MR) is 79.0 cm³/mol. The van der Waals surface area contributed by atoms with Crippen molar-refractivity contribution in [2.45, 2.75) is 0 Å². The SMILES string of the molecule is O=C1OC(c2ccccc2F)=N/C1=C\c1csc(Br)c1. The molecule has 1 aromatic heterocycles. The number of halogens is 2. The first-order valence-corrected chi connectivity index (χ1v) is 7.32. The Morgan fingerprint density at radius 3 is 2.85 bits per heavy atom. The molecular formula is C14H7BrFNO2S. The fraction of sp³-hybridized carbons (Fsp3) is 0. The van der Waals surface area contributed by atoms with Crippen LogP contribution in [0, 0.1) is 5.82 Å². The van der Waals surface area contributed by atoms with Gasteiger partial charge in [0.1, 0.15) is 5.82 Å². The maximum Gasteiger partial charge on any atom is 0.363 e. The van der Waals surface area contributed by atoms with Crippen molar-refractivity contribution in [3.8, 4) is 0 Å². The van der Waals surface area contributed by atoms with Crippen LogP contribution in [0.3, 0.4) is 0 Å². The lowest BCUT2D eigenvalue weighted by molar-refractivity contribution is -0.129. The largest absolute Gasteiger partial charge is 0.402 e. The molecule has 0 atom stereocenters. The van der Waals surface area contributed by atoms with Crippen LogP contribution < -0.4 is 0 Å². The number of hydrogen-bond donors (Lipinski definition) is 0. The van der Waals surface area contributed by atoms with Gasteiger partial charge in [-0.05, 0) is 51.1 Å². The van der Waals surface area contributed by atoms with Crippen molar-refractivity contribution in [2.24, 2.45) is 4.99 Å². The van der Waals surface area contributed by atoms with Crippen LogP contribution in [0.1, 0.15) is 11.1 Å². The molecule has 0 bridgehead atoms. The molecule has 6 heteroatoms. The summed E-state index contributed by atoms with van der Waals surface area (Å²) in [6.07, 6.45) is 1.61. The summed E-state index contributed by atoms with van der Waals surface area (Å²) in [5.41, 5.74) is 1.18. The summed E-state index contributed by atoms with van der Waals surface area (Å²) in [5.74, 6) is -1.06. The zero-order chi connectivity index (χ0) is 14.1. The normalized spacial score (nSPS) is 16.4. The summed E-state index contributed by atoms with van der Waals surface area (Å²) < 4.78 is 19.6. The van der Waals surface area contributed by atoms with Gasteiger partial charge in [0.15, 0.2) is 5.70 Å². The summed E-state index contributed by atoms with van der Waals surface area (Å²) in [5, 5.41) is 1.88. The summed E-state index contributed by atoms with van der Waals surface area (Å²) in [4.78, 5) is 15.8. The predicted octanol–water partition coefficient (Wildman–Crippen LogP) is 3.99.